The normalized spacial score (nSPS) is 16.8. The highest BCUT2D eigenvalue weighted by Gasteiger charge is 2.21. The van der Waals surface area contributed by atoms with E-state index in [9.17, 15) is 4.79 Å². The van der Waals surface area contributed by atoms with Crippen molar-refractivity contribution < 1.29 is 9.90 Å². The molecule has 0 atom stereocenters. The van der Waals surface area contributed by atoms with Gasteiger partial charge in [-0.1, -0.05) is 0 Å². The third-order valence-electron chi connectivity index (χ3n) is 3.24. The van der Waals surface area contributed by atoms with Gasteiger partial charge >= 0.3 is 0 Å². The number of thioether (sulfide) groups is 1. The molecule has 1 N–H and O–H groups in total. The molecular formula is C13H18N2O2S. The molecule has 0 spiro atoms. The molecule has 98 valence electrons. The number of aliphatic hydroxyl groups excluding tert-OH is 1. The van der Waals surface area contributed by atoms with Gasteiger partial charge in [-0.05, 0) is 30.9 Å². The van der Waals surface area contributed by atoms with E-state index in [1.807, 2.05) is 17.0 Å². The van der Waals surface area contributed by atoms with Crippen LogP contribution in [0.5, 0.6) is 0 Å². The predicted octanol–water partition coefficient (Wildman–Crippen LogP) is 1.40. The maximum absolute atomic E-state index is 12.0. The topological polar surface area (TPSA) is 53.4 Å². The molecule has 18 heavy (non-hydrogen) atoms. The van der Waals surface area contributed by atoms with E-state index in [4.69, 9.17) is 5.11 Å². The van der Waals surface area contributed by atoms with Crippen LogP contribution >= 0.6 is 11.8 Å². The van der Waals surface area contributed by atoms with Gasteiger partial charge in [0, 0.05) is 37.0 Å². The van der Waals surface area contributed by atoms with Gasteiger partial charge in [-0.3, -0.25) is 9.78 Å². The Hall–Kier alpha value is -1.07. The van der Waals surface area contributed by atoms with E-state index in [1.54, 1.807) is 24.2 Å². The third kappa shape index (κ3) is 3.71. The molecule has 0 aromatic carbocycles. The lowest BCUT2D eigenvalue weighted by Gasteiger charge is -2.31. The summed E-state index contributed by atoms with van der Waals surface area (Å²) in [5, 5.41) is 9.05. The van der Waals surface area contributed by atoms with E-state index in [2.05, 4.69) is 4.98 Å². The van der Waals surface area contributed by atoms with Gasteiger partial charge in [-0.15, -0.1) is 11.8 Å². The summed E-state index contributed by atoms with van der Waals surface area (Å²) in [4.78, 5) is 18.9. The lowest BCUT2D eigenvalue weighted by Crippen LogP contribution is -2.40. The second kappa shape index (κ2) is 6.75. The number of hydrogen-bond donors (Lipinski definition) is 1. The van der Waals surface area contributed by atoms with Crippen LogP contribution in [-0.4, -0.2) is 46.3 Å². The standard InChI is InChI=1S/C13H18N2O2S/c16-9-11-3-7-15(8-4-11)13(17)10-18-12-1-5-14-6-2-12/h1-2,5-6,11,16H,3-4,7-10H2. The van der Waals surface area contributed by atoms with Crippen LogP contribution in [0.1, 0.15) is 12.8 Å². The molecule has 0 bridgehead atoms. The first-order valence-electron chi connectivity index (χ1n) is 6.21. The number of carbonyl (C=O) groups excluding carboxylic acids is 1. The number of rotatable bonds is 4. The van der Waals surface area contributed by atoms with Gasteiger partial charge in [0.15, 0.2) is 0 Å². The fourth-order valence-corrected chi connectivity index (χ4v) is 2.82. The number of nitrogens with zero attached hydrogens (tertiary/aromatic N) is 2. The minimum absolute atomic E-state index is 0.188. The highest BCUT2D eigenvalue weighted by molar-refractivity contribution is 8.00. The predicted molar refractivity (Wildman–Crippen MR) is 71.4 cm³/mol. The Bertz CT molecular complexity index is 378. The van der Waals surface area contributed by atoms with Crippen LogP contribution in [0.25, 0.3) is 0 Å². The third-order valence-corrected chi connectivity index (χ3v) is 4.23. The largest absolute Gasteiger partial charge is 0.396 e. The van der Waals surface area contributed by atoms with Crippen molar-refractivity contribution in [3.8, 4) is 0 Å². The van der Waals surface area contributed by atoms with Crippen LogP contribution in [0, 0.1) is 5.92 Å². The number of aliphatic hydroxyl groups is 1. The second-order valence-corrected chi connectivity index (χ2v) is 5.53. The molecule has 1 amide bonds. The number of piperidine rings is 1. The molecule has 1 aliphatic rings. The fourth-order valence-electron chi connectivity index (χ4n) is 2.04. The van der Waals surface area contributed by atoms with Crippen LogP contribution in [0.15, 0.2) is 29.4 Å². The Kier molecular flexibility index (Phi) is 5.01. The first-order chi connectivity index (χ1) is 8.79. The maximum Gasteiger partial charge on any atom is 0.232 e. The molecule has 2 heterocycles. The molecule has 1 fully saturated rings. The van der Waals surface area contributed by atoms with Crippen LogP contribution in [-0.2, 0) is 4.79 Å². The first-order valence-corrected chi connectivity index (χ1v) is 7.19. The van der Waals surface area contributed by atoms with Crippen LogP contribution in [0.2, 0.25) is 0 Å². The molecule has 0 unspecified atom stereocenters. The van der Waals surface area contributed by atoms with Crippen LogP contribution < -0.4 is 0 Å². The molecule has 0 saturated carbocycles. The quantitative estimate of drug-likeness (QED) is 0.837. The van der Waals surface area contributed by atoms with Crippen molar-refractivity contribution >= 4 is 17.7 Å². The zero-order valence-electron chi connectivity index (χ0n) is 10.3. The van der Waals surface area contributed by atoms with E-state index in [1.165, 1.54) is 0 Å². The molecule has 1 aromatic rings. The van der Waals surface area contributed by atoms with Crippen molar-refractivity contribution in [2.75, 3.05) is 25.4 Å². The Morgan fingerprint density at radius 1 is 1.39 bits per heavy atom. The minimum atomic E-state index is 0.188. The molecule has 0 aliphatic carbocycles. The zero-order valence-corrected chi connectivity index (χ0v) is 11.1. The van der Waals surface area contributed by atoms with E-state index in [0.29, 0.717) is 11.7 Å². The van der Waals surface area contributed by atoms with Gasteiger partial charge in [-0.2, -0.15) is 0 Å². The molecule has 2 rings (SSSR count). The van der Waals surface area contributed by atoms with Gasteiger partial charge in [0.2, 0.25) is 5.91 Å². The van der Waals surface area contributed by atoms with Gasteiger partial charge in [0.1, 0.15) is 0 Å². The Balaban J connectivity index is 1.75. The van der Waals surface area contributed by atoms with E-state index < -0.39 is 0 Å². The number of likely N-dealkylation sites (tertiary alicyclic amines) is 1. The van der Waals surface area contributed by atoms with Gasteiger partial charge in [-0.25, -0.2) is 0 Å². The highest BCUT2D eigenvalue weighted by atomic mass is 32.2. The molecule has 4 nitrogen and oxygen atoms in total. The Labute approximate surface area is 111 Å². The van der Waals surface area contributed by atoms with Crippen LogP contribution in [0.4, 0.5) is 0 Å². The maximum atomic E-state index is 12.0. The average molecular weight is 266 g/mol. The monoisotopic (exact) mass is 266 g/mol. The lowest BCUT2D eigenvalue weighted by atomic mass is 9.98. The van der Waals surface area contributed by atoms with Crippen molar-refractivity contribution in [1.29, 1.82) is 0 Å². The summed E-state index contributed by atoms with van der Waals surface area (Å²) in [5.74, 6) is 1.04. The molecule has 5 heteroatoms. The lowest BCUT2D eigenvalue weighted by molar-refractivity contribution is -0.129. The van der Waals surface area contributed by atoms with Gasteiger partial charge < -0.3 is 10.0 Å². The summed E-state index contributed by atoms with van der Waals surface area (Å²) >= 11 is 1.55. The summed E-state index contributed by atoms with van der Waals surface area (Å²) < 4.78 is 0. The van der Waals surface area contributed by atoms with Gasteiger partial charge in [0.05, 0.1) is 5.75 Å². The Morgan fingerprint density at radius 2 is 2.06 bits per heavy atom. The Morgan fingerprint density at radius 3 is 2.67 bits per heavy atom. The zero-order chi connectivity index (χ0) is 12.8. The van der Waals surface area contributed by atoms with E-state index >= 15 is 0 Å². The summed E-state index contributed by atoms with van der Waals surface area (Å²) in [5.41, 5.74) is 0. The summed E-state index contributed by atoms with van der Waals surface area (Å²) in [6.07, 6.45) is 5.31. The average Bonchev–Trinajstić information content (AvgIpc) is 2.46. The molecule has 1 aliphatic heterocycles. The molecule has 0 radical (unpaired) electrons. The SMILES string of the molecule is O=C(CSc1ccncc1)N1CCC(CO)CC1. The van der Waals surface area contributed by atoms with Crippen LogP contribution in [0.3, 0.4) is 0 Å². The van der Waals surface area contributed by atoms with Gasteiger partial charge in [0.25, 0.3) is 0 Å². The smallest absolute Gasteiger partial charge is 0.232 e. The van der Waals surface area contributed by atoms with Crippen molar-refractivity contribution in [3.63, 3.8) is 0 Å². The first kappa shape index (κ1) is 13.4. The number of aromatic nitrogens is 1. The summed E-state index contributed by atoms with van der Waals surface area (Å²) in [6, 6.07) is 3.83. The minimum Gasteiger partial charge on any atom is -0.396 e. The van der Waals surface area contributed by atoms with Crippen molar-refractivity contribution in [1.82, 2.24) is 9.88 Å². The number of hydrogen-bond acceptors (Lipinski definition) is 4. The number of carbonyl (C=O) groups is 1. The summed E-state index contributed by atoms with van der Waals surface area (Å²) in [6.45, 7) is 1.80. The van der Waals surface area contributed by atoms with Crippen molar-refractivity contribution in [2.45, 2.75) is 17.7 Å². The van der Waals surface area contributed by atoms with Crippen molar-refractivity contribution in [2.24, 2.45) is 5.92 Å². The molecule has 1 saturated heterocycles. The summed E-state index contributed by atoms with van der Waals surface area (Å²) in [7, 11) is 0. The number of amides is 1. The van der Waals surface area contributed by atoms with E-state index in [0.717, 1.165) is 30.8 Å². The molecular weight excluding hydrogens is 248 g/mol. The second-order valence-electron chi connectivity index (χ2n) is 4.48. The molecule has 1 aromatic heterocycles. The fraction of sp³-hybridized carbons (Fsp3) is 0.538. The van der Waals surface area contributed by atoms with E-state index in [-0.39, 0.29) is 12.5 Å². The highest BCUT2D eigenvalue weighted by Crippen LogP contribution is 2.20. The number of pyridine rings is 1. The van der Waals surface area contributed by atoms with Crippen molar-refractivity contribution in [3.05, 3.63) is 24.5 Å².